The van der Waals surface area contributed by atoms with E-state index in [-0.39, 0.29) is 6.10 Å². The zero-order valence-corrected chi connectivity index (χ0v) is 9.25. The standard InChI is InChI=1S/C10H21NO3/c1-4-9(12)5-6-11-10(13)14-7-8(2)3/h8-9,12H,4-7H2,1-3H3,(H,11,13). The second-order valence-corrected chi connectivity index (χ2v) is 3.77. The second kappa shape index (κ2) is 7.62. The van der Waals surface area contributed by atoms with Crippen molar-refractivity contribution >= 4 is 6.09 Å². The van der Waals surface area contributed by atoms with Gasteiger partial charge in [-0.1, -0.05) is 20.8 Å². The van der Waals surface area contributed by atoms with Gasteiger partial charge < -0.3 is 15.2 Å². The molecule has 14 heavy (non-hydrogen) atoms. The molecule has 0 saturated heterocycles. The van der Waals surface area contributed by atoms with E-state index < -0.39 is 6.09 Å². The van der Waals surface area contributed by atoms with E-state index in [4.69, 9.17) is 4.74 Å². The van der Waals surface area contributed by atoms with E-state index in [0.717, 1.165) is 0 Å². The first kappa shape index (κ1) is 13.2. The summed E-state index contributed by atoms with van der Waals surface area (Å²) in [5, 5.41) is 11.8. The van der Waals surface area contributed by atoms with Crippen molar-refractivity contribution in [2.75, 3.05) is 13.2 Å². The first-order valence-electron chi connectivity index (χ1n) is 5.15. The van der Waals surface area contributed by atoms with Gasteiger partial charge in [-0.05, 0) is 18.8 Å². The van der Waals surface area contributed by atoms with E-state index in [1.54, 1.807) is 0 Å². The minimum absolute atomic E-state index is 0.333. The van der Waals surface area contributed by atoms with Crippen LogP contribution in [0.15, 0.2) is 0 Å². The van der Waals surface area contributed by atoms with Gasteiger partial charge in [0.05, 0.1) is 12.7 Å². The summed E-state index contributed by atoms with van der Waals surface area (Å²) < 4.78 is 4.89. The SMILES string of the molecule is CCC(O)CCNC(=O)OCC(C)C. The Morgan fingerprint density at radius 1 is 1.50 bits per heavy atom. The minimum atomic E-state index is -0.401. The molecule has 4 nitrogen and oxygen atoms in total. The average molecular weight is 203 g/mol. The minimum Gasteiger partial charge on any atom is -0.449 e. The van der Waals surface area contributed by atoms with Crippen LogP contribution in [0.5, 0.6) is 0 Å². The predicted molar refractivity (Wildman–Crippen MR) is 55.1 cm³/mol. The van der Waals surface area contributed by atoms with Gasteiger partial charge in [-0.3, -0.25) is 0 Å². The van der Waals surface area contributed by atoms with E-state index in [1.807, 2.05) is 20.8 Å². The van der Waals surface area contributed by atoms with Crippen LogP contribution in [-0.2, 0) is 4.74 Å². The van der Waals surface area contributed by atoms with Crippen LogP contribution >= 0.6 is 0 Å². The van der Waals surface area contributed by atoms with Crippen LogP contribution in [0.25, 0.3) is 0 Å². The maximum atomic E-state index is 11.0. The van der Waals surface area contributed by atoms with Crippen LogP contribution in [0, 0.1) is 5.92 Å². The molecule has 0 spiro atoms. The van der Waals surface area contributed by atoms with Crippen molar-refractivity contribution < 1.29 is 14.6 Å². The van der Waals surface area contributed by atoms with Crippen LogP contribution in [0.3, 0.4) is 0 Å². The molecule has 0 radical (unpaired) electrons. The van der Waals surface area contributed by atoms with Gasteiger partial charge in [0.25, 0.3) is 0 Å². The fourth-order valence-corrected chi connectivity index (χ4v) is 0.838. The van der Waals surface area contributed by atoms with Crippen molar-refractivity contribution in [1.82, 2.24) is 5.32 Å². The molecule has 0 aliphatic heterocycles. The first-order chi connectivity index (χ1) is 6.56. The van der Waals surface area contributed by atoms with Gasteiger partial charge in [0.1, 0.15) is 0 Å². The van der Waals surface area contributed by atoms with Gasteiger partial charge >= 0.3 is 6.09 Å². The van der Waals surface area contributed by atoms with Crippen LogP contribution in [-0.4, -0.2) is 30.5 Å². The van der Waals surface area contributed by atoms with E-state index in [1.165, 1.54) is 0 Å². The zero-order chi connectivity index (χ0) is 11.0. The third kappa shape index (κ3) is 7.86. The number of aliphatic hydroxyl groups excluding tert-OH is 1. The highest BCUT2D eigenvalue weighted by molar-refractivity contribution is 5.66. The number of aliphatic hydroxyl groups is 1. The average Bonchev–Trinajstić information content (AvgIpc) is 2.14. The van der Waals surface area contributed by atoms with Crippen molar-refractivity contribution in [2.45, 2.75) is 39.7 Å². The molecular weight excluding hydrogens is 182 g/mol. The molecule has 0 bridgehead atoms. The van der Waals surface area contributed by atoms with Gasteiger partial charge in [-0.2, -0.15) is 0 Å². The highest BCUT2D eigenvalue weighted by Crippen LogP contribution is 1.95. The largest absolute Gasteiger partial charge is 0.449 e. The van der Waals surface area contributed by atoms with E-state index >= 15 is 0 Å². The Morgan fingerprint density at radius 2 is 2.14 bits per heavy atom. The second-order valence-electron chi connectivity index (χ2n) is 3.77. The first-order valence-corrected chi connectivity index (χ1v) is 5.15. The molecule has 0 fully saturated rings. The van der Waals surface area contributed by atoms with Crippen LogP contribution in [0.2, 0.25) is 0 Å². The molecule has 0 aromatic rings. The zero-order valence-electron chi connectivity index (χ0n) is 9.25. The summed E-state index contributed by atoms with van der Waals surface area (Å²) in [7, 11) is 0. The third-order valence-electron chi connectivity index (χ3n) is 1.77. The number of carbonyl (C=O) groups is 1. The lowest BCUT2D eigenvalue weighted by Crippen LogP contribution is -2.28. The van der Waals surface area contributed by atoms with Gasteiger partial charge in [0.2, 0.25) is 0 Å². The lowest BCUT2D eigenvalue weighted by molar-refractivity contribution is 0.127. The van der Waals surface area contributed by atoms with Crippen LogP contribution in [0.1, 0.15) is 33.6 Å². The van der Waals surface area contributed by atoms with Gasteiger partial charge in [-0.25, -0.2) is 4.79 Å². The number of amides is 1. The van der Waals surface area contributed by atoms with Gasteiger partial charge in [0.15, 0.2) is 0 Å². The molecule has 1 unspecified atom stereocenters. The van der Waals surface area contributed by atoms with E-state index in [2.05, 4.69) is 5.32 Å². The van der Waals surface area contributed by atoms with Crippen molar-refractivity contribution in [3.05, 3.63) is 0 Å². The van der Waals surface area contributed by atoms with Gasteiger partial charge in [-0.15, -0.1) is 0 Å². The van der Waals surface area contributed by atoms with Crippen LogP contribution < -0.4 is 5.32 Å². The molecule has 0 heterocycles. The molecule has 0 aromatic carbocycles. The number of hydrogen-bond donors (Lipinski definition) is 2. The number of hydrogen-bond acceptors (Lipinski definition) is 3. The third-order valence-corrected chi connectivity index (χ3v) is 1.77. The Morgan fingerprint density at radius 3 is 2.64 bits per heavy atom. The molecule has 0 saturated carbocycles. The Kier molecular flexibility index (Phi) is 7.20. The number of carbonyl (C=O) groups excluding carboxylic acids is 1. The lowest BCUT2D eigenvalue weighted by Gasteiger charge is -2.10. The Labute approximate surface area is 85.6 Å². The Balaban J connectivity index is 3.35. The molecule has 2 N–H and O–H groups in total. The van der Waals surface area contributed by atoms with Crippen molar-refractivity contribution in [2.24, 2.45) is 5.92 Å². The van der Waals surface area contributed by atoms with Crippen molar-refractivity contribution in [3.63, 3.8) is 0 Å². The lowest BCUT2D eigenvalue weighted by atomic mass is 10.2. The summed E-state index contributed by atoms with van der Waals surface area (Å²) in [6.07, 6.45) is 0.554. The molecule has 84 valence electrons. The number of alkyl carbamates (subject to hydrolysis) is 1. The molecule has 0 aliphatic carbocycles. The van der Waals surface area contributed by atoms with E-state index in [9.17, 15) is 9.90 Å². The quantitative estimate of drug-likeness (QED) is 0.688. The smallest absolute Gasteiger partial charge is 0.407 e. The highest BCUT2D eigenvalue weighted by atomic mass is 16.5. The molecule has 0 aliphatic rings. The summed E-state index contributed by atoms with van der Waals surface area (Å²) in [5.74, 6) is 0.349. The predicted octanol–water partition coefficient (Wildman–Crippen LogP) is 1.53. The molecular formula is C10H21NO3. The maximum absolute atomic E-state index is 11.0. The number of rotatable bonds is 6. The Bertz CT molecular complexity index is 159. The molecule has 4 heteroatoms. The summed E-state index contributed by atoms with van der Waals surface area (Å²) in [6.45, 7) is 6.76. The topological polar surface area (TPSA) is 58.6 Å². The molecule has 1 amide bonds. The summed E-state index contributed by atoms with van der Waals surface area (Å²) in [6, 6.07) is 0. The number of ether oxygens (including phenoxy) is 1. The normalized spacial score (nSPS) is 12.6. The van der Waals surface area contributed by atoms with Gasteiger partial charge in [0, 0.05) is 6.54 Å². The molecule has 1 atom stereocenters. The maximum Gasteiger partial charge on any atom is 0.407 e. The van der Waals surface area contributed by atoms with E-state index in [0.29, 0.717) is 31.9 Å². The van der Waals surface area contributed by atoms with Crippen molar-refractivity contribution in [3.8, 4) is 0 Å². The van der Waals surface area contributed by atoms with Crippen molar-refractivity contribution in [1.29, 1.82) is 0 Å². The Hall–Kier alpha value is -0.770. The molecule has 0 rings (SSSR count). The highest BCUT2D eigenvalue weighted by Gasteiger charge is 2.04. The fraction of sp³-hybridized carbons (Fsp3) is 0.900. The van der Waals surface area contributed by atoms with Crippen LogP contribution in [0.4, 0.5) is 4.79 Å². The molecule has 0 aromatic heterocycles. The monoisotopic (exact) mass is 203 g/mol. The summed E-state index contributed by atoms with van der Waals surface area (Å²) in [5.41, 5.74) is 0. The fourth-order valence-electron chi connectivity index (χ4n) is 0.838. The summed E-state index contributed by atoms with van der Waals surface area (Å²) in [4.78, 5) is 11.0. The summed E-state index contributed by atoms with van der Waals surface area (Å²) >= 11 is 0. The number of nitrogens with one attached hydrogen (secondary N) is 1.